The van der Waals surface area contributed by atoms with Crippen LogP contribution >= 0.6 is 24.8 Å². The average molecular weight is 345 g/mol. The molecule has 2 atom stereocenters. The molecule has 1 aliphatic carbocycles. The number of hydrogen-bond acceptors (Lipinski definition) is 3. The van der Waals surface area contributed by atoms with Crippen molar-refractivity contribution in [2.24, 2.45) is 17.6 Å². The van der Waals surface area contributed by atoms with Crippen molar-refractivity contribution in [2.75, 3.05) is 11.9 Å². The maximum Gasteiger partial charge on any atom is 0.227 e. The van der Waals surface area contributed by atoms with Crippen molar-refractivity contribution in [1.29, 1.82) is 0 Å². The van der Waals surface area contributed by atoms with Crippen LogP contribution in [0.2, 0.25) is 0 Å². The van der Waals surface area contributed by atoms with Gasteiger partial charge in [-0.3, -0.25) is 4.79 Å². The Hall–Kier alpha value is -1.30. The summed E-state index contributed by atoms with van der Waals surface area (Å²) in [6, 6.07) is 3.81. The third-order valence-electron chi connectivity index (χ3n) is 4.14. The lowest BCUT2D eigenvalue weighted by molar-refractivity contribution is -0.120. The molecule has 0 bridgehead atoms. The monoisotopic (exact) mass is 344 g/mol. The second-order valence-corrected chi connectivity index (χ2v) is 5.59. The highest BCUT2D eigenvalue weighted by molar-refractivity contribution is 5.93. The van der Waals surface area contributed by atoms with E-state index in [4.69, 9.17) is 5.73 Å². The predicted molar refractivity (Wildman–Crippen MR) is 92.9 cm³/mol. The Morgan fingerprint density at radius 2 is 2.14 bits per heavy atom. The maximum atomic E-state index is 12.3. The number of halogens is 2. The number of imidazole rings is 1. The molecule has 0 radical (unpaired) electrons. The number of aryl methyl sites for hydroxylation is 1. The normalized spacial score (nSPS) is 20.3. The Kier molecular flexibility index (Phi) is 6.66. The molecule has 2 heterocycles. The highest BCUT2D eigenvalue weighted by Gasteiger charge is 2.31. The lowest BCUT2D eigenvalue weighted by Gasteiger charge is -2.17. The van der Waals surface area contributed by atoms with Gasteiger partial charge in [-0.05, 0) is 44.4 Å². The lowest BCUT2D eigenvalue weighted by Crippen LogP contribution is -2.29. The topological polar surface area (TPSA) is 72.4 Å². The van der Waals surface area contributed by atoms with Crippen LogP contribution in [0.4, 0.5) is 5.69 Å². The first kappa shape index (κ1) is 18.7. The Balaban J connectivity index is 0.00000121. The summed E-state index contributed by atoms with van der Waals surface area (Å²) < 4.78 is 1.93. The number of anilines is 1. The maximum absolute atomic E-state index is 12.3. The van der Waals surface area contributed by atoms with Gasteiger partial charge in [0, 0.05) is 18.3 Å². The van der Waals surface area contributed by atoms with Crippen LogP contribution in [0.5, 0.6) is 0 Å². The zero-order valence-corrected chi connectivity index (χ0v) is 14.1. The van der Waals surface area contributed by atoms with Gasteiger partial charge in [0.2, 0.25) is 5.91 Å². The molecule has 122 valence electrons. The molecule has 0 saturated heterocycles. The molecule has 0 aromatic carbocycles. The van der Waals surface area contributed by atoms with E-state index in [1.165, 1.54) is 0 Å². The Morgan fingerprint density at radius 1 is 1.36 bits per heavy atom. The van der Waals surface area contributed by atoms with Crippen molar-refractivity contribution < 1.29 is 4.79 Å². The number of nitrogens with one attached hydrogen (secondary N) is 1. The first-order valence-electron chi connectivity index (χ1n) is 7.13. The molecule has 0 aliphatic heterocycles. The van der Waals surface area contributed by atoms with Crippen molar-refractivity contribution in [3.8, 4) is 0 Å². The van der Waals surface area contributed by atoms with Gasteiger partial charge >= 0.3 is 0 Å². The van der Waals surface area contributed by atoms with Crippen LogP contribution < -0.4 is 11.1 Å². The number of nitrogens with two attached hydrogens (primary N) is 1. The van der Waals surface area contributed by atoms with E-state index in [0.717, 1.165) is 36.3 Å². The van der Waals surface area contributed by atoms with Crippen LogP contribution in [0, 0.1) is 18.8 Å². The number of rotatable bonds is 3. The number of aromatic nitrogens is 2. The summed E-state index contributed by atoms with van der Waals surface area (Å²) in [4.78, 5) is 16.7. The van der Waals surface area contributed by atoms with Crippen LogP contribution in [0.25, 0.3) is 5.65 Å². The van der Waals surface area contributed by atoms with Gasteiger partial charge in [-0.25, -0.2) is 4.98 Å². The van der Waals surface area contributed by atoms with Gasteiger partial charge in [0.05, 0.1) is 11.4 Å². The molecule has 1 amide bonds. The third-order valence-corrected chi connectivity index (χ3v) is 4.14. The molecule has 1 aliphatic rings. The van der Waals surface area contributed by atoms with Crippen LogP contribution in [0.3, 0.4) is 0 Å². The number of fused-ring (bicyclic) bond motifs is 1. The fourth-order valence-electron chi connectivity index (χ4n) is 3.09. The van der Waals surface area contributed by atoms with Crippen molar-refractivity contribution >= 4 is 42.1 Å². The molecule has 22 heavy (non-hydrogen) atoms. The second-order valence-electron chi connectivity index (χ2n) is 5.59. The molecule has 2 aromatic rings. The molecule has 0 unspecified atom stereocenters. The van der Waals surface area contributed by atoms with Crippen molar-refractivity contribution in [2.45, 2.75) is 26.2 Å². The molecular formula is C15H22Cl2N4O. The SMILES string of the molecule is Cc1cn2cc(NC(=O)[C@@H]3CCC[C@@H]3CN)ccc2n1.Cl.Cl. The van der Waals surface area contributed by atoms with Crippen molar-refractivity contribution in [3.63, 3.8) is 0 Å². The van der Waals surface area contributed by atoms with Gasteiger partial charge in [-0.15, -0.1) is 24.8 Å². The molecule has 2 aromatic heterocycles. The minimum Gasteiger partial charge on any atom is -0.330 e. The van der Waals surface area contributed by atoms with Crippen molar-refractivity contribution in [1.82, 2.24) is 9.38 Å². The molecule has 7 heteroatoms. The van der Waals surface area contributed by atoms with E-state index >= 15 is 0 Å². The predicted octanol–water partition coefficient (Wildman–Crippen LogP) is 2.80. The molecule has 1 saturated carbocycles. The van der Waals surface area contributed by atoms with E-state index in [1.807, 2.05) is 35.9 Å². The van der Waals surface area contributed by atoms with Gasteiger partial charge in [-0.2, -0.15) is 0 Å². The zero-order valence-electron chi connectivity index (χ0n) is 12.5. The van der Waals surface area contributed by atoms with E-state index in [2.05, 4.69) is 10.3 Å². The quantitative estimate of drug-likeness (QED) is 0.899. The summed E-state index contributed by atoms with van der Waals surface area (Å²) >= 11 is 0. The summed E-state index contributed by atoms with van der Waals surface area (Å²) in [5.74, 6) is 0.476. The number of carbonyl (C=O) groups excluding carboxylic acids is 1. The van der Waals surface area contributed by atoms with E-state index < -0.39 is 0 Å². The first-order chi connectivity index (χ1) is 9.67. The lowest BCUT2D eigenvalue weighted by atomic mass is 9.95. The number of amides is 1. The van der Waals surface area contributed by atoms with Gasteiger partial charge in [0.1, 0.15) is 5.65 Å². The van der Waals surface area contributed by atoms with Crippen LogP contribution in [-0.2, 0) is 4.79 Å². The van der Waals surface area contributed by atoms with Crippen LogP contribution in [0.15, 0.2) is 24.5 Å². The Morgan fingerprint density at radius 3 is 2.86 bits per heavy atom. The minimum atomic E-state index is 0. The molecule has 0 spiro atoms. The van der Waals surface area contributed by atoms with Crippen LogP contribution in [0.1, 0.15) is 25.0 Å². The van der Waals surface area contributed by atoms with Crippen molar-refractivity contribution in [3.05, 3.63) is 30.2 Å². The highest BCUT2D eigenvalue weighted by Crippen LogP contribution is 2.31. The summed E-state index contributed by atoms with van der Waals surface area (Å²) in [6.07, 6.45) is 6.96. The van der Waals surface area contributed by atoms with Gasteiger partial charge in [0.15, 0.2) is 0 Å². The summed E-state index contributed by atoms with van der Waals surface area (Å²) in [5.41, 5.74) is 8.40. The third kappa shape index (κ3) is 3.72. The molecule has 3 N–H and O–H groups in total. The Labute approximate surface area is 142 Å². The smallest absolute Gasteiger partial charge is 0.227 e. The summed E-state index contributed by atoms with van der Waals surface area (Å²) in [7, 11) is 0. The van der Waals surface area contributed by atoms with Gasteiger partial charge < -0.3 is 15.5 Å². The van der Waals surface area contributed by atoms with E-state index in [0.29, 0.717) is 12.5 Å². The molecule has 5 nitrogen and oxygen atoms in total. The number of nitrogens with zero attached hydrogens (tertiary/aromatic N) is 2. The standard InChI is InChI=1S/C15H20N4O.2ClH/c1-10-8-19-9-12(5-6-14(19)17-10)18-15(20)13-4-2-3-11(13)7-16;;/h5-6,8-9,11,13H,2-4,7,16H2,1H3,(H,18,20);2*1H/t11-,13-;;/m1../s1. The average Bonchev–Trinajstić information content (AvgIpc) is 3.02. The van der Waals surface area contributed by atoms with Crippen LogP contribution in [-0.4, -0.2) is 21.8 Å². The Bertz CT molecular complexity index is 644. The van der Waals surface area contributed by atoms with Gasteiger partial charge in [0.25, 0.3) is 0 Å². The fourth-order valence-corrected chi connectivity index (χ4v) is 3.09. The first-order valence-corrected chi connectivity index (χ1v) is 7.13. The summed E-state index contributed by atoms with van der Waals surface area (Å²) in [5, 5.41) is 3.01. The van der Waals surface area contributed by atoms with Gasteiger partial charge in [-0.1, -0.05) is 6.42 Å². The van der Waals surface area contributed by atoms with E-state index in [-0.39, 0.29) is 36.6 Å². The number of carbonyl (C=O) groups is 1. The molecular weight excluding hydrogens is 323 g/mol. The highest BCUT2D eigenvalue weighted by atomic mass is 35.5. The van der Waals surface area contributed by atoms with E-state index in [9.17, 15) is 4.79 Å². The largest absolute Gasteiger partial charge is 0.330 e. The number of pyridine rings is 1. The number of hydrogen-bond donors (Lipinski definition) is 2. The molecule has 1 fully saturated rings. The van der Waals surface area contributed by atoms with E-state index in [1.54, 1.807) is 0 Å². The minimum absolute atomic E-state index is 0. The zero-order chi connectivity index (χ0) is 14.1. The second kappa shape index (κ2) is 7.81. The fraction of sp³-hybridized carbons (Fsp3) is 0.467. The molecule has 3 rings (SSSR count). The summed E-state index contributed by atoms with van der Waals surface area (Å²) in [6.45, 7) is 2.55.